The van der Waals surface area contributed by atoms with Crippen molar-refractivity contribution in [3.05, 3.63) is 112 Å². The highest BCUT2D eigenvalue weighted by Crippen LogP contribution is 2.45. The average molecular weight is 437 g/mol. The van der Waals surface area contributed by atoms with Crippen LogP contribution in [0.4, 0.5) is 0 Å². The van der Waals surface area contributed by atoms with E-state index < -0.39 is 8.80 Å². The lowest BCUT2D eigenvalue weighted by atomic mass is 9.89. The Labute approximate surface area is 196 Å². The molecule has 0 aromatic heterocycles. The minimum Gasteiger partial charge on any atom is -0.0629 e. The van der Waals surface area contributed by atoms with Gasteiger partial charge in [0.2, 0.25) is 0 Å². The van der Waals surface area contributed by atoms with Gasteiger partial charge in [-0.3, -0.25) is 0 Å². The van der Waals surface area contributed by atoms with Gasteiger partial charge in [0.15, 0.2) is 0 Å². The Kier molecular flexibility index (Phi) is 6.96. The van der Waals surface area contributed by atoms with Crippen LogP contribution in [-0.2, 0) is 12.8 Å². The molecule has 1 unspecified atom stereocenters. The van der Waals surface area contributed by atoms with E-state index in [1.54, 1.807) is 21.5 Å². The topological polar surface area (TPSA) is 0 Å². The molecule has 0 aliphatic heterocycles. The van der Waals surface area contributed by atoms with Crippen LogP contribution in [0.5, 0.6) is 0 Å². The molecule has 3 aromatic carbocycles. The van der Waals surface area contributed by atoms with Crippen molar-refractivity contribution in [2.75, 3.05) is 0 Å². The Morgan fingerprint density at radius 2 is 1.16 bits per heavy atom. The standard InChI is InChI=1S/C31H36Si/c1-6-25-18-26(7-2)20-27(19-25)31-24(5)22(3)23(4)30(31)21-32(28-14-10-8-11-15-28)29-16-12-9-13-17-29/h8-20,30,32H,6-7,21H2,1-5H3. The molecule has 0 heterocycles. The Bertz CT molecular complexity index is 1070. The molecule has 0 saturated heterocycles. The van der Waals surface area contributed by atoms with Gasteiger partial charge >= 0.3 is 0 Å². The van der Waals surface area contributed by atoms with Gasteiger partial charge in [0.05, 0.1) is 0 Å². The van der Waals surface area contributed by atoms with E-state index in [0.29, 0.717) is 5.92 Å². The van der Waals surface area contributed by atoms with Gasteiger partial charge in [-0.05, 0) is 73.1 Å². The molecule has 0 bridgehead atoms. The summed E-state index contributed by atoms with van der Waals surface area (Å²) in [5.41, 5.74) is 10.5. The molecule has 1 aliphatic carbocycles. The number of allylic oxidation sites excluding steroid dienone is 4. The monoisotopic (exact) mass is 436 g/mol. The third-order valence-electron chi connectivity index (χ3n) is 7.48. The summed E-state index contributed by atoms with van der Waals surface area (Å²) in [6.45, 7) is 11.6. The fourth-order valence-corrected chi connectivity index (χ4v) is 8.71. The molecule has 0 radical (unpaired) electrons. The second kappa shape index (κ2) is 9.88. The van der Waals surface area contributed by atoms with Crippen molar-refractivity contribution < 1.29 is 0 Å². The lowest BCUT2D eigenvalue weighted by Crippen LogP contribution is -2.43. The number of benzene rings is 3. The molecule has 1 atom stereocenters. The molecule has 0 fully saturated rings. The largest absolute Gasteiger partial charge is 0.104 e. The molecular formula is C31H36Si. The second-order valence-electron chi connectivity index (χ2n) is 9.25. The lowest BCUT2D eigenvalue weighted by Gasteiger charge is -2.25. The third-order valence-corrected chi connectivity index (χ3v) is 10.8. The van der Waals surface area contributed by atoms with Crippen molar-refractivity contribution in [1.82, 2.24) is 0 Å². The Morgan fingerprint density at radius 1 is 0.656 bits per heavy atom. The first-order valence-electron chi connectivity index (χ1n) is 12.1. The predicted molar refractivity (Wildman–Crippen MR) is 144 cm³/mol. The van der Waals surface area contributed by atoms with E-state index in [1.807, 2.05) is 0 Å². The van der Waals surface area contributed by atoms with E-state index in [1.165, 1.54) is 33.9 Å². The van der Waals surface area contributed by atoms with E-state index in [9.17, 15) is 0 Å². The van der Waals surface area contributed by atoms with Crippen molar-refractivity contribution in [2.24, 2.45) is 5.92 Å². The molecule has 1 aliphatic rings. The van der Waals surface area contributed by atoms with E-state index >= 15 is 0 Å². The van der Waals surface area contributed by atoms with Crippen LogP contribution in [-0.4, -0.2) is 8.80 Å². The highest BCUT2D eigenvalue weighted by atomic mass is 28.3. The zero-order chi connectivity index (χ0) is 22.7. The minimum absolute atomic E-state index is 0.504. The highest BCUT2D eigenvalue weighted by Gasteiger charge is 2.32. The van der Waals surface area contributed by atoms with Crippen molar-refractivity contribution in [2.45, 2.75) is 53.5 Å². The number of rotatable bonds is 7. The Morgan fingerprint density at radius 3 is 1.62 bits per heavy atom. The maximum Gasteiger partial charge on any atom is 0.104 e. The minimum atomic E-state index is -1.37. The SMILES string of the molecule is CCc1cc(CC)cc(C2=C(C)C(C)=C(C)C2C[SiH](c2ccccc2)c2ccccc2)c1. The number of hydrogen-bond acceptors (Lipinski definition) is 0. The highest BCUT2D eigenvalue weighted by molar-refractivity contribution is 6.85. The molecule has 1 heteroatoms. The molecular weight excluding hydrogens is 400 g/mol. The van der Waals surface area contributed by atoms with Crippen LogP contribution in [0.3, 0.4) is 0 Å². The van der Waals surface area contributed by atoms with Gasteiger partial charge in [-0.25, -0.2) is 0 Å². The quantitative estimate of drug-likeness (QED) is 0.366. The molecule has 164 valence electrons. The maximum absolute atomic E-state index is 2.46. The summed E-state index contributed by atoms with van der Waals surface area (Å²) in [6, 6.07) is 31.1. The Hall–Kier alpha value is -2.64. The number of aryl methyl sites for hydroxylation is 2. The summed E-state index contributed by atoms with van der Waals surface area (Å²) >= 11 is 0. The molecule has 3 aromatic rings. The molecule has 0 amide bonds. The van der Waals surface area contributed by atoms with Crippen molar-refractivity contribution in [3.63, 3.8) is 0 Å². The van der Waals surface area contributed by atoms with E-state index in [4.69, 9.17) is 0 Å². The van der Waals surface area contributed by atoms with Crippen LogP contribution >= 0.6 is 0 Å². The van der Waals surface area contributed by atoms with E-state index in [0.717, 1.165) is 12.8 Å². The third kappa shape index (κ3) is 4.45. The number of hydrogen-bond donors (Lipinski definition) is 0. The zero-order valence-electron chi connectivity index (χ0n) is 20.3. The molecule has 0 spiro atoms. The van der Waals surface area contributed by atoms with E-state index in [-0.39, 0.29) is 0 Å². The molecule has 0 N–H and O–H groups in total. The summed E-state index contributed by atoms with van der Waals surface area (Å²) in [7, 11) is -1.37. The summed E-state index contributed by atoms with van der Waals surface area (Å²) in [6.07, 6.45) is 2.18. The predicted octanol–water partition coefficient (Wildman–Crippen LogP) is 6.59. The van der Waals surface area contributed by atoms with Gasteiger partial charge in [-0.2, -0.15) is 0 Å². The molecule has 32 heavy (non-hydrogen) atoms. The van der Waals surface area contributed by atoms with Gasteiger partial charge in [0.1, 0.15) is 8.80 Å². The van der Waals surface area contributed by atoms with Crippen molar-refractivity contribution in [1.29, 1.82) is 0 Å². The first kappa shape index (κ1) is 22.5. The van der Waals surface area contributed by atoms with Gasteiger partial charge in [-0.15, -0.1) is 0 Å². The van der Waals surface area contributed by atoms with Gasteiger partial charge in [0, 0.05) is 5.92 Å². The fourth-order valence-electron chi connectivity index (χ4n) is 5.35. The first-order valence-corrected chi connectivity index (χ1v) is 14.1. The van der Waals surface area contributed by atoms with Crippen LogP contribution in [0.15, 0.2) is 95.6 Å². The molecule has 0 nitrogen and oxygen atoms in total. The summed E-state index contributed by atoms with van der Waals surface area (Å²) in [5, 5.41) is 3.09. The van der Waals surface area contributed by atoms with Gasteiger partial charge < -0.3 is 0 Å². The van der Waals surface area contributed by atoms with Crippen LogP contribution in [0, 0.1) is 5.92 Å². The Balaban J connectivity index is 1.80. The van der Waals surface area contributed by atoms with Crippen LogP contribution in [0.25, 0.3) is 5.57 Å². The molecule has 0 saturated carbocycles. The zero-order valence-corrected chi connectivity index (χ0v) is 21.4. The van der Waals surface area contributed by atoms with Gasteiger partial charge in [0.25, 0.3) is 0 Å². The van der Waals surface area contributed by atoms with Crippen LogP contribution in [0.2, 0.25) is 6.04 Å². The van der Waals surface area contributed by atoms with Crippen LogP contribution in [0.1, 0.15) is 51.3 Å². The summed E-state index contributed by atoms with van der Waals surface area (Å²) in [4.78, 5) is 0. The molecule has 4 rings (SSSR count). The second-order valence-corrected chi connectivity index (χ2v) is 12.2. The smallest absolute Gasteiger partial charge is 0.0629 e. The van der Waals surface area contributed by atoms with Gasteiger partial charge in [-0.1, -0.05) is 109 Å². The first-order chi connectivity index (χ1) is 15.5. The normalized spacial score (nSPS) is 16.4. The van der Waals surface area contributed by atoms with Crippen LogP contribution < -0.4 is 10.4 Å². The maximum atomic E-state index is 2.46. The summed E-state index contributed by atoms with van der Waals surface area (Å²) in [5.74, 6) is 0.504. The summed E-state index contributed by atoms with van der Waals surface area (Å²) < 4.78 is 0. The lowest BCUT2D eigenvalue weighted by molar-refractivity contribution is 0.883. The average Bonchev–Trinajstić information content (AvgIpc) is 3.06. The van der Waals surface area contributed by atoms with Crippen molar-refractivity contribution >= 4 is 24.7 Å². The van der Waals surface area contributed by atoms with Crippen molar-refractivity contribution in [3.8, 4) is 0 Å². The fraction of sp³-hybridized carbons (Fsp3) is 0.290. The van der Waals surface area contributed by atoms with E-state index in [2.05, 4.69) is 113 Å².